The third kappa shape index (κ3) is 2.70. The summed E-state index contributed by atoms with van der Waals surface area (Å²) in [6.45, 7) is 2.03. The summed E-state index contributed by atoms with van der Waals surface area (Å²) in [7, 11) is 0. The zero-order valence-electron chi connectivity index (χ0n) is 12.3. The van der Waals surface area contributed by atoms with Gasteiger partial charge in [-0.3, -0.25) is 4.79 Å². The fraction of sp³-hybridized carbons (Fsp3) is 0.588. The Morgan fingerprint density at radius 1 is 1.24 bits per heavy atom. The molecule has 1 aromatic rings. The van der Waals surface area contributed by atoms with Gasteiger partial charge in [-0.15, -0.1) is 0 Å². The molecule has 4 nitrogen and oxygen atoms in total. The fourth-order valence-corrected chi connectivity index (χ4v) is 3.49. The third-order valence-electron chi connectivity index (χ3n) is 5.06. The topological polar surface area (TPSA) is 69.6 Å². The van der Waals surface area contributed by atoms with E-state index in [4.69, 9.17) is 0 Å². The number of rotatable bonds is 3. The predicted molar refractivity (Wildman–Crippen MR) is 79.8 cm³/mol. The second-order valence-corrected chi connectivity index (χ2v) is 6.42. The molecule has 4 atom stereocenters. The van der Waals surface area contributed by atoms with Crippen LogP contribution in [0.4, 0.5) is 0 Å². The van der Waals surface area contributed by atoms with E-state index in [0.717, 1.165) is 30.4 Å². The normalized spacial score (nSPS) is 32.7. The fourth-order valence-electron chi connectivity index (χ4n) is 3.49. The van der Waals surface area contributed by atoms with Crippen LogP contribution in [0.25, 0.3) is 0 Å². The Bertz CT molecular complexity index is 527. The average Bonchev–Trinajstić information content (AvgIpc) is 2.65. The van der Waals surface area contributed by atoms with Crippen molar-refractivity contribution in [2.45, 2.75) is 56.8 Å². The Kier molecular flexibility index (Phi) is 4.00. The number of hydrogen-bond donors (Lipinski definition) is 3. The number of aliphatic hydroxyl groups excluding tert-OH is 2. The van der Waals surface area contributed by atoms with Crippen molar-refractivity contribution in [3.05, 3.63) is 35.4 Å². The molecule has 0 heterocycles. The maximum Gasteiger partial charge on any atom is 0.223 e. The minimum absolute atomic E-state index is 0.0259. The van der Waals surface area contributed by atoms with E-state index in [-0.39, 0.29) is 17.7 Å². The van der Waals surface area contributed by atoms with Crippen LogP contribution in [0.5, 0.6) is 0 Å². The van der Waals surface area contributed by atoms with Crippen molar-refractivity contribution in [2.24, 2.45) is 5.92 Å². The highest BCUT2D eigenvalue weighted by atomic mass is 16.3. The van der Waals surface area contributed by atoms with E-state index in [9.17, 15) is 15.0 Å². The number of nitrogens with one attached hydrogen (secondary N) is 1. The van der Waals surface area contributed by atoms with Crippen LogP contribution >= 0.6 is 0 Å². The monoisotopic (exact) mass is 289 g/mol. The van der Waals surface area contributed by atoms with Crippen molar-refractivity contribution >= 4 is 5.91 Å². The lowest BCUT2D eigenvalue weighted by atomic mass is 9.84. The van der Waals surface area contributed by atoms with Gasteiger partial charge in [0.25, 0.3) is 0 Å². The SMILES string of the molecule is Cc1ccccc1[C@H]1C[C@@H](O)[C@@H](O)[C@@H]1NC(=O)C1CCC1. The minimum Gasteiger partial charge on any atom is -0.390 e. The third-order valence-corrected chi connectivity index (χ3v) is 5.06. The molecule has 2 saturated carbocycles. The first-order chi connectivity index (χ1) is 10.1. The first kappa shape index (κ1) is 14.5. The molecule has 0 unspecified atom stereocenters. The number of benzene rings is 1. The highest BCUT2D eigenvalue weighted by Crippen LogP contribution is 2.37. The highest BCUT2D eigenvalue weighted by molar-refractivity contribution is 5.80. The largest absolute Gasteiger partial charge is 0.390 e. The van der Waals surface area contributed by atoms with Gasteiger partial charge in [-0.05, 0) is 37.3 Å². The molecule has 21 heavy (non-hydrogen) atoms. The summed E-state index contributed by atoms with van der Waals surface area (Å²) in [4.78, 5) is 12.2. The smallest absolute Gasteiger partial charge is 0.223 e. The molecular weight excluding hydrogens is 266 g/mol. The lowest BCUT2D eigenvalue weighted by Gasteiger charge is -2.30. The molecule has 4 heteroatoms. The van der Waals surface area contributed by atoms with E-state index in [1.54, 1.807) is 0 Å². The van der Waals surface area contributed by atoms with Crippen LogP contribution in [0.3, 0.4) is 0 Å². The maximum atomic E-state index is 12.2. The predicted octanol–water partition coefficient (Wildman–Crippen LogP) is 1.49. The second-order valence-electron chi connectivity index (χ2n) is 6.42. The van der Waals surface area contributed by atoms with Crippen molar-refractivity contribution in [1.29, 1.82) is 0 Å². The molecule has 0 saturated heterocycles. The Balaban J connectivity index is 1.80. The zero-order valence-corrected chi connectivity index (χ0v) is 12.3. The molecule has 0 bridgehead atoms. The van der Waals surface area contributed by atoms with Gasteiger partial charge >= 0.3 is 0 Å². The summed E-state index contributed by atoms with van der Waals surface area (Å²) in [6, 6.07) is 7.59. The molecule has 1 amide bonds. The Morgan fingerprint density at radius 3 is 2.57 bits per heavy atom. The summed E-state index contributed by atoms with van der Waals surface area (Å²) in [5, 5.41) is 23.2. The number of aliphatic hydroxyl groups is 2. The summed E-state index contributed by atoms with van der Waals surface area (Å²) < 4.78 is 0. The van der Waals surface area contributed by atoms with Crippen molar-refractivity contribution in [2.75, 3.05) is 0 Å². The molecular formula is C17H23NO3. The van der Waals surface area contributed by atoms with Gasteiger partial charge in [-0.25, -0.2) is 0 Å². The van der Waals surface area contributed by atoms with Crippen molar-refractivity contribution in [3.63, 3.8) is 0 Å². The molecule has 3 N–H and O–H groups in total. The van der Waals surface area contributed by atoms with Gasteiger partial charge in [0.05, 0.1) is 12.1 Å². The molecule has 0 radical (unpaired) electrons. The van der Waals surface area contributed by atoms with Gasteiger partial charge < -0.3 is 15.5 Å². The summed E-state index contributed by atoms with van der Waals surface area (Å²) in [5.74, 6) is 0.0886. The van der Waals surface area contributed by atoms with Gasteiger partial charge in [-0.1, -0.05) is 30.7 Å². The lowest BCUT2D eigenvalue weighted by molar-refractivity contribution is -0.129. The molecule has 1 aromatic carbocycles. The summed E-state index contributed by atoms with van der Waals surface area (Å²) >= 11 is 0. The van der Waals surface area contributed by atoms with Gasteiger partial charge in [0, 0.05) is 11.8 Å². The van der Waals surface area contributed by atoms with E-state index in [1.807, 2.05) is 31.2 Å². The summed E-state index contributed by atoms with van der Waals surface area (Å²) in [6.07, 6.45) is 1.80. The minimum atomic E-state index is -0.890. The Labute approximate surface area is 125 Å². The first-order valence-corrected chi connectivity index (χ1v) is 7.80. The molecule has 0 aliphatic heterocycles. The van der Waals surface area contributed by atoms with Crippen LogP contribution in [-0.2, 0) is 4.79 Å². The number of carbonyl (C=O) groups excluding carboxylic acids is 1. The van der Waals surface area contributed by atoms with Crippen LogP contribution in [0.2, 0.25) is 0 Å². The van der Waals surface area contributed by atoms with Gasteiger partial charge in [0.2, 0.25) is 5.91 Å². The standard InChI is InChI=1S/C17H23NO3/c1-10-5-2-3-8-12(10)13-9-14(19)16(20)15(13)18-17(21)11-6-4-7-11/h2-3,5,8,11,13-16,19-20H,4,6-7,9H2,1H3,(H,18,21)/t13-,14-,15-,16-/m1/s1. The molecule has 0 aromatic heterocycles. The van der Waals surface area contributed by atoms with Gasteiger partial charge in [-0.2, -0.15) is 0 Å². The van der Waals surface area contributed by atoms with Crippen LogP contribution in [0.15, 0.2) is 24.3 Å². The first-order valence-electron chi connectivity index (χ1n) is 7.80. The molecule has 2 aliphatic rings. The van der Waals surface area contributed by atoms with Crippen LogP contribution in [0, 0.1) is 12.8 Å². The molecule has 0 spiro atoms. The second kappa shape index (κ2) is 5.78. The van der Waals surface area contributed by atoms with Crippen molar-refractivity contribution in [3.8, 4) is 0 Å². The quantitative estimate of drug-likeness (QED) is 0.789. The zero-order chi connectivity index (χ0) is 15.0. The van der Waals surface area contributed by atoms with Crippen molar-refractivity contribution < 1.29 is 15.0 Å². The Morgan fingerprint density at radius 2 is 1.95 bits per heavy atom. The molecule has 2 fully saturated rings. The van der Waals surface area contributed by atoms with Crippen LogP contribution in [0.1, 0.15) is 42.7 Å². The van der Waals surface area contributed by atoms with Gasteiger partial charge in [0.15, 0.2) is 0 Å². The van der Waals surface area contributed by atoms with Gasteiger partial charge in [0.1, 0.15) is 6.10 Å². The highest BCUT2D eigenvalue weighted by Gasteiger charge is 2.44. The average molecular weight is 289 g/mol. The van der Waals surface area contributed by atoms with Crippen molar-refractivity contribution in [1.82, 2.24) is 5.32 Å². The molecule has 3 rings (SSSR count). The van der Waals surface area contributed by atoms with E-state index in [0.29, 0.717) is 6.42 Å². The van der Waals surface area contributed by atoms with E-state index in [2.05, 4.69) is 5.32 Å². The number of hydrogen-bond acceptors (Lipinski definition) is 3. The number of amides is 1. The van der Waals surface area contributed by atoms with Crippen LogP contribution in [-0.4, -0.2) is 34.4 Å². The Hall–Kier alpha value is -1.39. The maximum absolute atomic E-state index is 12.2. The van der Waals surface area contributed by atoms with E-state index < -0.39 is 18.2 Å². The van der Waals surface area contributed by atoms with Crippen LogP contribution < -0.4 is 5.32 Å². The summed E-state index contributed by atoms with van der Waals surface area (Å²) in [5.41, 5.74) is 2.23. The lowest BCUT2D eigenvalue weighted by Crippen LogP contribution is -2.48. The van der Waals surface area contributed by atoms with E-state index >= 15 is 0 Å². The van der Waals surface area contributed by atoms with E-state index in [1.165, 1.54) is 0 Å². The number of aryl methyl sites for hydroxylation is 1. The molecule has 2 aliphatic carbocycles. The number of carbonyl (C=O) groups is 1. The molecule has 114 valence electrons.